The van der Waals surface area contributed by atoms with Crippen LogP contribution in [0.25, 0.3) is 0 Å². The summed E-state index contributed by atoms with van der Waals surface area (Å²) < 4.78 is 10.5. The highest BCUT2D eigenvalue weighted by Gasteiger charge is 2.39. The molecule has 0 aliphatic carbocycles. The first-order valence-corrected chi connectivity index (χ1v) is 7.36. The van der Waals surface area contributed by atoms with Gasteiger partial charge in [-0.3, -0.25) is 0 Å². The van der Waals surface area contributed by atoms with Gasteiger partial charge in [0.25, 0.3) is 0 Å². The molecule has 0 amide bonds. The minimum atomic E-state index is -1.16. The standard InChI is InChI=1S/C12H12BN3O5S/c1-20-7-3-2-6-4-8(22-9-5-14-16-15-9)13(19)21-11(6)10(7)12(17)18/h2-3,8,19H,4-5H2,1H3,(H,17,18)/t8-/m0/s1. The van der Waals surface area contributed by atoms with Gasteiger partial charge in [0.1, 0.15) is 28.7 Å². The summed E-state index contributed by atoms with van der Waals surface area (Å²) in [4.78, 5) is 11.4. The van der Waals surface area contributed by atoms with Crippen molar-refractivity contribution in [2.24, 2.45) is 15.4 Å². The molecular weight excluding hydrogens is 309 g/mol. The molecule has 0 spiro atoms. The fourth-order valence-corrected chi connectivity index (χ4v) is 3.33. The van der Waals surface area contributed by atoms with Crippen molar-refractivity contribution in [2.75, 3.05) is 13.7 Å². The summed E-state index contributed by atoms with van der Waals surface area (Å²) in [5.41, 5.74) is 0.624. The number of hydrogen-bond donors (Lipinski definition) is 2. The minimum absolute atomic E-state index is 0.0780. The highest BCUT2D eigenvalue weighted by Crippen LogP contribution is 2.38. The van der Waals surface area contributed by atoms with Crippen LogP contribution < -0.4 is 9.39 Å². The summed E-state index contributed by atoms with van der Waals surface area (Å²) in [5.74, 6) is -0.814. The van der Waals surface area contributed by atoms with Crippen molar-refractivity contribution in [3.63, 3.8) is 0 Å². The second kappa shape index (κ2) is 5.97. The van der Waals surface area contributed by atoms with Crippen molar-refractivity contribution in [1.29, 1.82) is 0 Å². The third-order valence-electron chi connectivity index (χ3n) is 3.33. The number of thioether (sulfide) groups is 1. The SMILES string of the molecule is COc1ccc2c(c1C(=O)O)OB(O)[C@@H](SC1=NN=NC1)C2. The topological polar surface area (TPSA) is 113 Å². The van der Waals surface area contributed by atoms with Crippen LogP contribution in [0.4, 0.5) is 0 Å². The van der Waals surface area contributed by atoms with Crippen molar-refractivity contribution in [3.05, 3.63) is 23.3 Å². The van der Waals surface area contributed by atoms with Gasteiger partial charge in [0.2, 0.25) is 0 Å². The molecule has 1 aromatic rings. The van der Waals surface area contributed by atoms with E-state index in [2.05, 4.69) is 15.4 Å². The predicted molar refractivity (Wildman–Crippen MR) is 80.8 cm³/mol. The fourth-order valence-electron chi connectivity index (χ4n) is 2.33. The van der Waals surface area contributed by atoms with Gasteiger partial charge in [0.15, 0.2) is 0 Å². The fraction of sp³-hybridized carbons (Fsp3) is 0.333. The molecule has 22 heavy (non-hydrogen) atoms. The summed E-state index contributed by atoms with van der Waals surface area (Å²) in [6.45, 7) is 0.393. The van der Waals surface area contributed by atoms with Crippen LogP contribution in [0.1, 0.15) is 15.9 Å². The molecule has 0 saturated carbocycles. The van der Waals surface area contributed by atoms with E-state index in [-0.39, 0.29) is 22.2 Å². The number of ether oxygens (including phenoxy) is 1. The van der Waals surface area contributed by atoms with E-state index in [0.29, 0.717) is 23.6 Å². The van der Waals surface area contributed by atoms with Crippen molar-refractivity contribution in [1.82, 2.24) is 0 Å². The van der Waals surface area contributed by atoms with Gasteiger partial charge >= 0.3 is 13.1 Å². The molecule has 2 N–H and O–H groups in total. The zero-order chi connectivity index (χ0) is 15.7. The van der Waals surface area contributed by atoms with E-state index in [1.165, 1.54) is 18.9 Å². The molecule has 2 heterocycles. The van der Waals surface area contributed by atoms with Gasteiger partial charge in [0.05, 0.1) is 12.3 Å². The number of benzene rings is 1. The number of aromatic carboxylic acids is 1. The van der Waals surface area contributed by atoms with Gasteiger partial charge in [0, 0.05) is 0 Å². The Hall–Kier alpha value is -2.07. The van der Waals surface area contributed by atoms with E-state index in [4.69, 9.17) is 9.39 Å². The van der Waals surface area contributed by atoms with Gasteiger partial charge in [-0.1, -0.05) is 6.07 Å². The van der Waals surface area contributed by atoms with E-state index in [9.17, 15) is 14.9 Å². The first kappa shape index (κ1) is 14.9. The van der Waals surface area contributed by atoms with Crippen molar-refractivity contribution in [3.8, 4) is 11.5 Å². The van der Waals surface area contributed by atoms with Gasteiger partial charge in [-0.25, -0.2) is 4.79 Å². The molecule has 1 atom stereocenters. The lowest BCUT2D eigenvalue weighted by Gasteiger charge is -2.28. The molecule has 0 saturated heterocycles. The number of rotatable bonds is 3. The van der Waals surface area contributed by atoms with E-state index in [1.807, 2.05) is 0 Å². The van der Waals surface area contributed by atoms with Crippen LogP contribution in [0.5, 0.6) is 11.5 Å². The van der Waals surface area contributed by atoms with E-state index in [1.54, 1.807) is 12.1 Å². The molecule has 0 bridgehead atoms. The first-order chi connectivity index (χ1) is 10.6. The Kier molecular flexibility index (Phi) is 4.03. The number of carboxylic acid groups (broad SMARTS) is 1. The number of carbonyl (C=O) groups is 1. The molecule has 114 valence electrons. The molecule has 8 nitrogen and oxygen atoms in total. The molecule has 10 heteroatoms. The van der Waals surface area contributed by atoms with Crippen LogP contribution >= 0.6 is 11.8 Å². The average Bonchev–Trinajstić information content (AvgIpc) is 2.99. The minimum Gasteiger partial charge on any atom is -0.534 e. The Balaban J connectivity index is 1.89. The molecule has 2 aliphatic heterocycles. The third-order valence-corrected chi connectivity index (χ3v) is 4.51. The molecule has 3 rings (SSSR count). The molecule has 0 unspecified atom stereocenters. The maximum atomic E-state index is 11.4. The predicted octanol–water partition coefficient (Wildman–Crippen LogP) is 1.23. The molecule has 0 radical (unpaired) electrons. The summed E-state index contributed by atoms with van der Waals surface area (Å²) in [5, 5.41) is 31.0. The maximum Gasteiger partial charge on any atom is 0.537 e. The Morgan fingerprint density at radius 2 is 2.36 bits per heavy atom. The monoisotopic (exact) mass is 321 g/mol. The zero-order valence-electron chi connectivity index (χ0n) is 11.6. The summed E-state index contributed by atoms with van der Waals surface area (Å²) in [6.07, 6.45) is 0.449. The Labute approximate surface area is 130 Å². The van der Waals surface area contributed by atoms with Crippen molar-refractivity contribution in [2.45, 2.75) is 11.6 Å². The second-order valence-corrected chi connectivity index (χ2v) is 6.00. The number of hydrogen-bond acceptors (Lipinski definition) is 8. The van der Waals surface area contributed by atoms with Crippen molar-refractivity contribution >= 4 is 29.9 Å². The normalized spacial score (nSPS) is 19.5. The van der Waals surface area contributed by atoms with Gasteiger partial charge in [-0.15, -0.1) is 16.9 Å². The van der Waals surface area contributed by atoms with Gasteiger partial charge in [-0.2, -0.15) is 5.11 Å². The summed E-state index contributed by atoms with van der Waals surface area (Å²) >= 11 is 1.33. The van der Waals surface area contributed by atoms with Crippen LogP contribution in [0.15, 0.2) is 27.6 Å². The van der Waals surface area contributed by atoms with E-state index >= 15 is 0 Å². The Morgan fingerprint density at radius 3 is 3.00 bits per heavy atom. The van der Waals surface area contributed by atoms with Crippen LogP contribution in [0, 0.1) is 0 Å². The van der Waals surface area contributed by atoms with Crippen molar-refractivity contribution < 1.29 is 24.3 Å². The zero-order valence-corrected chi connectivity index (χ0v) is 12.4. The molecule has 2 aliphatic rings. The first-order valence-electron chi connectivity index (χ1n) is 6.48. The summed E-state index contributed by atoms with van der Waals surface area (Å²) in [6, 6.07) is 3.33. The lowest BCUT2D eigenvalue weighted by Crippen LogP contribution is -2.41. The molecule has 0 fully saturated rings. The lowest BCUT2D eigenvalue weighted by atomic mass is 9.77. The maximum absolute atomic E-state index is 11.4. The highest BCUT2D eigenvalue weighted by molar-refractivity contribution is 8.15. The number of fused-ring (bicyclic) bond motifs is 1. The lowest BCUT2D eigenvalue weighted by molar-refractivity contribution is 0.0690. The van der Waals surface area contributed by atoms with Crippen LogP contribution in [-0.2, 0) is 6.42 Å². The quantitative estimate of drug-likeness (QED) is 0.810. The second-order valence-electron chi connectivity index (χ2n) is 4.69. The molecule has 0 aromatic heterocycles. The molecular formula is C12H12BN3O5S. The van der Waals surface area contributed by atoms with E-state index in [0.717, 1.165) is 0 Å². The van der Waals surface area contributed by atoms with Crippen LogP contribution in [-0.4, -0.2) is 47.1 Å². The van der Waals surface area contributed by atoms with Gasteiger partial charge in [-0.05, 0) is 23.3 Å². The smallest absolute Gasteiger partial charge is 0.534 e. The van der Waals surface area contributed by atoms with Crippen LogP contribution in [0.2, 0.25) is 0 Å². The largest absolute Gasteiger partial charge is 0.537 e. The number of methoxy groups -OCH3 is 1. The molecule has 1 aromatic carbocycles. The Morgan fingerprint density at radius 1 is 1.55 bits per heavy atom. The average molecular weight is 321 g/mol. The number of carboxylic acids is 1. The van der Waals surface area contributed by atoms with E-state index < -0.39 is 13.1 Å². The van der Waals surface area contributed by atoms with Gasteiger partial charge < -0.3 is 19.5 Å². The Bertz CT molecular complexity index is 681. The summed E-state index contributed by atoms with van der Waals surface area (Å²) in [7, 11) is 0.239. The highest BCUT2D eigenvalue weighted by atomic mass is 32.2. The van der Waals surface area contributed by atoms with Crippen LogP contribution in [0.3, 0.4) is 0 Å². The third kappa shape index (κ3) is 2.66. The number of nitrogens with zero attached hydrogens (tertiary/aromatic N) is 3.